The standard InChI is InChI=1S/C33H51N3O3/c1-8-26-11-9-10-22-35(26)28-29(37)36(33(34-28)20-16-25(17-21-33)32(5,6)7)27(18-19-31(2,3)4)23-12-14-24(15-13-23)30(38)39/h12-15,25-27H,8-11,16-22H2,1-7H3,(H,38,39)/t25?,26?,27-,33?/m1/s1. The van der Waals surface area contributed by atoms with E-state index in [2.05, 4.69) is 58.3 Å². The second-order valence-corrected chi connectivity index (χ2v) is 14.5. The highest BCUT2D eigenvalue weighted by Crippen LogP contribution is 2.50. The second-order valence-electron chi connectivity index (χ2n) is 14.5. The lowest BCUT2D eigenvalue weighted by molar-refractivity contribution is -0.134. The number of benzene rings is 1. The molecular weight excluding hydrogens is 486 g/mol. The predicted molar refractivity (Wildman–Crippen MR) is 158 cm³/mol. The van der Waals surface area contributed by atoms with E-state index < -0.39 is 11.6 Å². The molecule has 2 aliphatic heterocycles. The van der Waals surface area contributed by atoms with Crippen LogP contribution in [0.2, 0.25) is 0 Å². The number of aliphatic imine (C=N–C) groups is 1. The molecule has 1 unspecified atom stereocenters. The number of piperidine rings is 1. The number of hydrogen-bond acceptors (Lipinski definition) is 4. The van der Waals surface area contributed by atoms with Crippen LogP contribution in [0.5, 0.6) is 0 Å². The SMILES string of the molecule is CCC1CCCCN1C1=NC2(CCC(C(C)(C)C)CC2)N([C@H](CCC(C)(C)C)c2ccc(C(=O)O)cc2)C1=O. The Labute approximate surface area is 236 Å². The van der Waals surface area contributed by atoms with Gasteiger partial charge >= 0.3 is 5.97 Å². The first-order valence-electron chi connectivity index (χ1n) is 15.3. The van der Waals surface area contributed by atoms with Crippen LogP contribution in [0.1, 0.15) is 135 Å². The van der Waals surface area contributed by atoms with Crippen molar-refractivity contribution in [3.8, 4) is 0 Å². The molecular formula is C33H51N3O3. The van der Waals surface area contributed by atoms with Crippen LogP contribution in [0.3, 0.4) is 0 Å². The van der Waals surface area contributed by atoms with E-state index in [-0.39, 0.29) is 28.3 Å². The summed E-state index contributed by atoms with van der Waals surface area (Å²) in [6, 6.07) is 7.44. The molecule has 39 heavy (non-hydrogen) atoms. The fourth-order valence-electron chi connectivity index (χ4n) is 7.08. The number of rotatable bonds is 6. The molecule has 1 aliphatic carbocycles. The molecule has 6 heteroatoms. The number of carbonyl (C=O) groups is 2. The molecule has 1 saturated heterocycles. The van der Waals surface area contributed by atoms with Crippen LogP contribution in [-0.4, -0.2) is 50.9 Å². The summed E-state index contributed by atoms with van der Waals surface area (Å²) < 4.78 is 0. The third-order valence-corrected chi connectivity index (χ3v) is 9.58. The second kappa shape index (κ2) is 11.2. The Morgan fingerprint density at radius 3 is 2.23 bits per heavy atom. The number of aromatic carboxylic acids is 1. The Morgan fingerprint density at radius 1 is 1.05 bits per heavy atom. The van der Waals surface area contributed by atoms with Crippen molar-refractivity contribution in [1.82, 2.24) is 9.80 Å². The van der Waals surface area contributed by atoms with E-state index in [1.807, 2.05) is 12.1 Å². The van der Waals surface area contributed by atoms with Gasteiger partial charge in [-0.1, -0.05) is 60.6 Å². The Balaban J connectivity index is 1.77. The number of carbonyl (C=O) groups excluding carboxylic acids is 1. The summed E-state index contributed by atoms with van der Waals surface area (Å²) in [4.78, 5) is 36.1. The Hall–Kier alpha value is -2.37. The van der Waals surface area contributed by atoms with Crippen LogP contribution in [0.15, 0.2) is 29.3 Å². The lowest BCUT2D eigenvalue weighted by Gasteiger charge is -2.47. The summed E-state index contributed by atoms with van der Waals surface area (Å²) >= 11 is 0. The molecule has 2 atom stereocenters. The molecule has 1 amide bonds. The van der Waals surface area contributed by atoms with Gasteiger partial charge in [0.1, 0.15) is 5.66 Å². The zero-order valence-electron chi connectivity index (χ0n) is 25.4. The number of likely N-dealkylation sites (tertiary alicyclic amines) is 1. The largest absolute Gasteiger partial charge is 0.478 e. The summed E-state index contributed by atoms with van der Waals surface area (Å²) in [5.74, 6) is 0.438. The summed E-state index contributed by atoms with van der Waals surface area (Å²) in [6.07, 6.45) is 10.1. The first-order chi connectivity index (χ1) is 18.3. The number of carboxylic acids is 1. The third-order valence-electron chi connectivity index (χ3n) is 9.58. The highest BCUT2D eigenvalue weighted by atomic mass is 16.4. The molecule has 1 spiro atoms. The first-order valence-corrected chi connectivity index (χ1v) is 15.3. The minimum Gasteiger partial charge on any atom is -0.478 e. The van der Waals surface area contributed by atoms with E-state index in [9.17, 15) is 14.7 Å². The molecule has 1 aromatic carbocycles. The molecule has 6 nitrogen and oxygen atoms in total. The van der Waals surface area contributed by atoms with E-state index in [0.717, 1.165) is 69.9 Å². The Kier molecular flexibility index (Phi) is 8.54. The van der Waals surface area contributed by atoms with Crippen molar-refractivity contribution >= 4 is 17.7 Å². The molecule has 1 saturated carbocycles. The normalized spacial score (nSPS) is 27.2. The minimum atomic E-state index is -0.927. The molecule has 2 fully saturated rings. The topological polar surface area (TPSA) is 73.2 Å². The van der Waals surface area contributed by atoms with Crippen molar-refractivity contribution in [3.05, 3.63) is 35.4 Å². The van der Waals surface area contributed by atoms with Crippen molar-refractivity contribution in [1.29, 1.82) is 0 Å². The van der Waals surface area contributed by atoms with Crippen molar-refractivity contribution in [2.75, 3.05) is 6.54 Å². The lowest BCUT2D eigenvalue weighted by Crippen LogP contribution is -2.53. The van der Waals surface area contributed by atoms with Gasteiger partial charge in [-0.05, 0) is 98.7 Å². The molecule has 4 rings (SSSR count). The van der Waals surface area contributed by atoms with Gasteiger partial charge in [-0.15, -0.1) is 0 Å². The van der Waals surface area contributed by atoms with Crippen molar-refractivity contribution in [2.45, 2.75) is 130 Å². The zero-order chi connectivity index (χ0) is 28.6. The number of hydrogen-bond donors (Lipinski definition) is 1. The highest BCUT2D eigenvalue weighted by Gasteiger charge is 2.54. The molecule has 2 heterocycles. The summed E-state index contributed by atoms with van der Waals surface area (Å²) in [6.45, 7) is 16.9. The van der Waals surface area contributed by atoms with Crippen molar-refractivity contribution in [2.24, 2.45) is 21.7 Å². The first kappa shape index (κ1) is 29.6. The summed E-state index contributed by atoms with van der Waals surface area (Å²) in [7, 11) is 0. The van der Waals surface area contributed by atoms with Crippen LogP contribution in [0.25, 0.3) is 0 Å². The van der Waals surface area contributed by atoms with Gasteiger partial charge < -0.3 is 14.9 Å². The molecule has 1 N–H and O–H groups in total. The maximum absolute atomic E-state index is 14.6. The number of nitrogens with zero attached hydrogens (tertiary/aromatic N) is 3. The average Bonchev–Trinajstić information content (AvgIpc) is 3.14. The van der Waals surface area contributed by atoms with Gasteiger partial charge in [0.2, 0.25) is 0 Å². The van der Waals surface area contributed by atoms with Crippen LogP contribution < -0.4 is 0 Å². The average molecular weight is 538 g/mol. The molecule has 216 valence electrons. The van der Waals surface area contributed by atoms with Gasteiger partial charge in [-0.3, -0.25) is 4.79 Å². The summed E-state index contributed by atoms with van der Waals surface area (Å²) in [5.41, 5.74) is 1.11. The van der Waals surface area contributed by atoms with Crippen molar-refractivity contribution in [3.63, 3.8) is 0 Å². The van der Waals surface area contributed by atoms with E-state index in [1.54, 1.807) is 12.1 Å². The van der Waals surface area contributed by atoms with Gasteiger partial charge in [-0.25, -0.2) is 9.79 Å². The monoisotopic (exact) mass is 537 g/mol. The van der Waals surface area contributed by atoms with E-state index in [4.69, 9.17) is 4.99 Å². The van der Waals surface area contributed by atoms with Gasteiger partial charge in [-0.2, -0.15) is 0 Å². The van der Waals surface area contributed by atoms with Gasteiger partial charge in [0.15, 0.2) is 5.84 Å². The Morgan fingerprint density at radius 2 is 1.69 bits per heavy atom. The molecule has 0 aromatic heterocycles. The van der Waals surface area contributed by atoms with Crippen LogP contribution in [-0.2, 0) is 4.79 Å². The number of carboxylic acid groups (broad SMARTS) is 1. The van der Waals surface area contributed by atoms with Crippen LogP contribution in [0.4, 0.5) is 0 Å². The maximum Gasteiger partial charge on any atom is 0.335 e. The highest BCUT2D eigenvalue weighted by molar-refractivity contribution is 6.39. The van der Waals surface area contributed by atoms with Gasteiger partial charge in [0.25, 0.3) is 5.91 Å². The van der Waals surface area contributed by atoms with Crippen LogP contribution in [0, 0.1) is 16.7 Å². The third kappa shape index (κ3) is 6.36. The maximum atomic E-state index is 14.6. The van der Waals surface area contributed by atoms with E-state index in [1.165, 1.54) is 6.42 Å². The quantitative estimate of drug-likeness (QED) is 0.404. The smallest absolute Gasteiger partial charge is 0.335 e. The molecule has 0 bridgehead atoms. The zero-order valence-corrected chi connectivity index (χ0v) is 25.4. The van der Waals surface area contributed by atoms with E-state index in [0.29, 0.717) is 17.8 Å². The fraction of sp³-hybridized carbons (Fsp3) is 0.727. The lowest BCUT2D eigenvalue weighted by atomic mass is 9.69. The number of amidine groups is 1. The summed E-state index contributed by atoms with van der Waals surface area (Å²) in [5, 5.41) is 9.51. The molecule has 3 aliphatic rings. The minimum absolute atomic E-state index is 0.0748. The van der Waals surface area contributed by atoms with Crippen molar-refractivity contribution < 1.29 is 14.7 Å². The van der Waals surface area contributed by atoms with Gasteiger partial charge in [0.05, 0.1) is 11.6 Å². The molecule has 0 radical (unpaired) electrons. The van der Waals surface area contributed by atoms with Gasteiger partial charge in [0, 0.05) is 12.6 Å². The number of amides is 1. The fourth-order valence-corrected chi connectivity index (χ4v) is 7.08. The van der Waals surface area contributed by atoms with E-state index >= 15 is 0 Å². The van der Waals surface area contributed by atoms with Crippen LogP contribution >= 0.6 is 0 Å². The predicted octanol–water partition coefficient (Wildman–Crippen LogP) is 7.69. The Bertz CT molecular complexity index is 1060. The molecule has 1 aromatic rings.